The predicted octanol–water partition coefficient (Wildman–Crippen LogP) is 16.3. The number of pyridine rings is 2. The first-order valence-electron chi connectivity index (χ1n) is 28.9. The molecule has 10 rings (SSSR count). The van der Waals surface area contributed by atoms with Crippen LogP contribution in [0.3, 0.4) is 0 Å². The Morgan fingerprint density at radius 2 is 1.33 bits per heavy atom. The van der Waals surface area contributed by atoms with Gasteiger partial charge in [-0.2, -0.15) is 0 Å². The van der Waals surface area contributed by atoms with Crippen LogP contribution in [-0.4, -0.2) is 9.97 Å². The quantitative estimate of drug-likeness (QED) is 0.156. The van der Waals surface area contributed by atoms with E-state index in [-0.39, 0.29) is 75.7 Å². The minimum Gasteiger partial charge on any atom is -0.500 e. The zero-order valence-electron chi connectivity index (χ0n) is 52.1. The molecule has 0 bridgehead atoms. The number of hydrogen-bond donors (Lipinski definition) is 0. The molecule has 64 heavy (non-hydrogen) atoms. The van der Waals surface area contributed by atoms with Gasteiger partial charge in [0.1, 0.15) is 5.58 Å². The summed E-state index contributed by atoms with van der Waals surface area (Å²) in [6.45, 7) is -7.38. The van der Waals surface area contributed by atoms with Gasteiger partial charge in [0.05, 0.1) is 5.58 Å². The van der Waals surface area contributed by atoms with E-state index in [2.05, 4.69) is 22.1 Å². The zero-order valence-corrected chi connectivity index (χ0v) is 37.5. The number of fused-ring (bicyclic) bond motifs is 5. The van der Waals surface area contributed by atoms with Gasteiger partial charge in [0.25, 0.3) is 0 Å². The molecule has 4 heteroatoms. The molecule has 0 saturated carbocycles. The molecule has 319 valence electrons. The second-order valence-electron chi connectivity index (χ2n) is 16.3. The molecular weight excluding hydrogens is 957 g/mol. The van der Waals surface area contributed by atoms with E-state index in [9.17, 15) is 0 Å². The summed E-state index contributed by atoms with van der Waals surface area (Å²) in [5, 5.41) is 3.63. The van der Waals surface area contributed by atoms with Crippen molar-refractivity contribution in [3.05, 3.63) is 203 Å². The molecule has 0 saturated heterocycles. The van der Waals surface area contributed by atoms with Crippen molar-refractivity contribution >= 4 is 32.7 Å². The Hall–Kier alpha value is -6.45. The average Bonchev–Trinajstić information content (AvgIpc) is 3.82. The third-order valence-corrected chi connectivity index (χ3v) is 10.7. The SMILES string of the molecule is [2H]C([2H])([2H])c1cc(C([2H])([2H])C(C)(C)C)ccc1-c1ccc(-c2cc(-c3[c-]ccc4c3oc3c5ccccc5ccc43)ncc2C([2H])([2H])[2H])c(C([2H])([2H])[2H])c1.[2H]C([2H])([2H])c1ccc(-c2[c-]cc(C([2H])([2H])[2H])c(-c3ccccc3)c2)nc1.[Ir]. The number of aryl methyl sites for hydroxylation is 5. The van der Waals surface area contributed by atoms with Crippen molar-refractivity contribution < 1.29 is 47.8 Å². The van der Waals surface area contributed by atoms with E-state index >= 15 is 0 Å². The van der Waals surface area contributed by atoms with Crippen molar-refractivity contribution in [2.75, 3.05) is 0 Å². The van der Waals surface area contributed by atoms with Crippen LogP contribution in [0.2, 0.25) is 0 Å². The summed E-state index contributed by atoms with van der Waals surface area (Å²) in [7, 11) is 0. The van der Waals surface area contributed by atoms with Crippen LogP contribution < -0.4 is 0 Å². The van der Waals surface area contributed by atoms with Gasteiger partial charge in [0.2, 0.25) is 0 Å². The fraction of sp³-hybridized carbons (Fsp3) is 0.167. The van der Waals surface area contributed by atoms with E-state index in [0.29, 0.717) is 39.2 Å². The van der Waals surface area contributed by atoms with Crippen LogP contribution in [0.15, 0.2) is 162 Å². The monoisotopic (exact) mass is 1030 g/mol. The maximum atomic E-state index is 8.74. The Kier molecular flexibility index (Phi) is 7.93. The van der Waals surface area contributed by atoms with Crippen LogP contribution in [-0.2, 0) is 26.5 Å². The van der Waals surface area contributed by atoms with Gasteiger partial charge in [-0.3, -0.25) is 0 Å². The number of aromatic nitrogens is 2. The predicted molar refractivity (Wildman–Crippen MR) is 265 cm³/mol. The standard InChI is InChI=1S/C41H36NO.C19H16N.Ir/c1-25-20-28(23-41(4,5)6)14-17-31(25)30-16-18-32(26(2)21-30)37-22-38(42-24-27(37)3)36-13-9-12-34-35-19-15-29-10-7-8-11-33(29)39(35)43-40(34)36;1-14-8-11-19(20-13-14)17-10-9-15(2)18(12-17)16-6-4-3-5-7-16;/h7-12,14-22,24H,23H2,1-6H3;3-9,11-13H,1-2H3;/q2*-1;/i1D3,2D3,3D3,23D2;1D3,2D3;. The first-order chi connectivity index (χ1) is 37.2. The summed E-state index contributed by atoms with van der Waals surface area (Å²) in [5.41, 5.74) is 4.43. The zero-order chi connectivity index (χ0) is 58.1. The van der Waals surface area contributed by atoms with Crippen LogP contribution >= 0.6 is 0 Å². The van der Waals surface area contributed by atoms with E-state index in [1.165, 1.54) is 54.9 Å². The molecule has 3 heterocycles. The first-order valence-corrected chi connectivity index (χ1v) is 20.4. The molecule has 0 aliphatic carbocycles. The second kappa shape index (κ2) is 18.3. The Morgan fingerprint density at radius 3 is 2.11 bits per heavy atom. The summed E-state index contributed by atoms with van der Waals surface area (Å²) >= 11 is 0. The number of hydrogen-bond acceptors (Lipinski definition) is 3. The Labute approximate surface area is 415 Å². The van der Waals surface area contributed by atoms with Gasteiger partial charge in [-0.25, -0.2) is 0 Å². The van der Waals surface area contributed by atoms with Gasteiger partial charge in [-0.15, -0.1) is 47.5 Å². The Morgan fingerprint density at radius 1 is 0.562 bits per heavy atom. The molecule has 0 aliphatic heterocycles. The first kappa shape index (κ1) is 27.7. The van der Waals surface area contributed by atoms with Crippen LogP contribution in [0.1, 0.15) is 77.5 Å². The number of benzene rings is 7. The molecule has 0 unspecified atom stereocenters. The van der Waals surface area contributed by atoms with Gasteiger partial charge >= 0.3 is 0 Å². The van der Waals surface area contributed by atoms with Gasteiger partial charge in [-0.05, 0) is 112 Å². The maximum absolute atomic E-state index is 8.74. The third kappa shape index (κ3) is 9.13. The molecule has 0 N–H and O–H groups in total. The molecule has 3 aromatic heterocycles. The molecule has 0 spiro atoms. The smallest absolute Gasteiger partial charge is 0.128 e. The number of nitrogens with zero attached hydrogens (tertiary/aromatic N) is 2. The van der Waals surface area contributed by atoms with E-state index in [4.69, 9.17) is 27.7 Å². The Balaban J connectivity index is 0.000000267. The molecule has 0 amide bonds. The normalized spacial score (nSPS) is 16.5. The molecule has 3 nitrogen and oxygen atoms in total. The summed E-state index contributed by atoms with van der Waals surface area (Å²) in [5.74, 6) is 0. The summed E-state index contributed by atoms with van der Waals surface area (Å²) < 4.78 is 145. The van der Waals surface area contributed by atoms with Crippen molar-refractivity contribution in [3.63, 3.8) is 0 Å². The van der Waals surface area contributed by atoms with Gasteiger partial charge < -0.3 is 14.4 Å². The number of furan rings is 1. The van der Waals surface area contributed by atoms with E-state index in [0.717, 1.165) is 27.1 Å². The van der Waals surface area contributed by atoms with Gasteiger partial charge in [0, 0.05) is 66.6 Å². The average molecular weight is 1030 g/mol. The molecule has 1 radical (unpaired) electrons. The topological polar surface area (TPSA) is 38.9 Å². The molecule has 0 atom stereocenters. The molecule has 10 aromatic rings. The van der Waals surface area contributed by atoms with E-state index in [1.54, 1.807) is 51.1 Å². The largest absolute Gasteiger partial charge is 0.500 e. The Bertz CT molecular complexity index is 3950. The van der Waals surface area contributed by atoms with Crippen molar-refractivity contribution in [2.45, 2.75) is 61.4 Å². The van der Waals surface area contributed by atoms with Crippen molar-refractivity contribution in [1.29, 1.82) is 0 Å². The van der Waals surface area contributed by atoms with Crippen LogP contribution in [0.5, 0.6) is 0 Å². The molecule has 0 aliphatic rings. The van der Waals surface area contributed by atoms with Crippen LogP contribution in [0.25, 0.3) is 88.6 Å². The maximum Gasteiger partial charge on any atom is 0.128 e. The molecule has 7 aromatic carbocycles. The molecule has 0 fully saturated rings. The van der Waals surface area contributed by atoms with Crippen LogP contribution in [0.4, 0.5) is 0 Å². The van der Waals surface area contributed by atoms with Crippen molar-refractivity contribution in [3.8, 4) is 55.9 Å². The third-order valence-electron chi connectivity index (χ3n) is 10.7. The fourth-order valence-electron chi connectivity index (χ4n) is 7.78. The summed E-state index contributed by atoms with van der Waals surface area (Å²) in [6, 6.07) is 47.5. The number of rotatable bonds is 6. The van der Waals surface area contributed by atoms with Gasteiger partial charge in [0.15, 0.2) is 0 Å². The van der Waals surface area contributed by atoms with Crippen molar-refractivity contribution in [1.82, 2.24) is 9.97 Å². The van der Waals surface area contributed by atoms with E-state index < -0.39 is 46.0 Å². The molecular formula is C60H52IrN2O-2. The summed E-state index contributed by atoms with van der Waals surface area (Å²) in [6.07, 6.45) is 0.673. The van der Waals surface area contributed by atoms with Crippen molar-refractivity contribution in [2.24, 2.45) is 5.41 Å². The minimum atomic E-state index is -2.75. The van der Waals surface area contributed by atoms with E-state index in [1.807, 2.05) is 72.8 Å². The fourth-order valence-corrected chi connectivity index (χ4v) is 7.78. The van der Waals surface area contributed by atoms with Gasteiger partial charge in [-0.1, -0.05) is 165 Å². The summed E-state index contributed by atoms with van der Waals surface area (Å²) in [4.78, 5) is 8.75. The minimum absolute atomic E-state index is 0. The second-order valence-corrected chi connectivity index (χ2v) is 16.3. The van der Waals surface area contributed by atoms with Crippen LogP contribution in [0, 0.1) is 51.8 Å².